The number of aromatic amines is 1. The molecule has 128 valence electrons. The average Bonchev–Trinajstić information content (AvgIpc) is 2.92. The molecule has 5 nitrogen and oxygen atoms in total. The van der Waals surface area contributed by atoms with Crippen molar-refractivity contribution in [3.8, 4) is 5.75 Å². The molecular weight excluding hydrogens is 304 g/mol. The third-order valence-corrected chi connectivity index (χ3v) is 5.64. The zero-order chi connectivity index (χ0) is 16.7. The van der Waals surface area contributed by atoms with Crippen molar-refractivity contribution in [2.75, 3.05) is 20.3 Å². The van der Waals surface area contributed by atoms with E-state index in [1.807, 2.05) is 13.0 Å². The molecular formula is C19H24N2O3. The quantitative estimate of drug-likeness (QED) is 0.847. The van der Waals surface area contributed by atoms with Crippen LogP contribution in [-0.2, 0) is 16.0 Å². The van der Waals surface area contributed by atoms with Crippen LogP contribution >= 0.6 is 0 Å². The van der Waals surface area contributed by atoms with Crippen LogP contribution in [0.25, 0.3) is 10.9 Å². The fraction of sp³-hybridized carbons (Fsp3) is 0.526. The Morgan fingerprint density at radius 1 is 1.38 bits per heavy atom. The van der Waals surface area contributed by atoms with Gasteiger partial charge in [0.25, 0.3) is 0 Å². The highest BCUT2D eigenvalue weighted by molar-refractivity contribution is 5.87. The molecule has 5 heteroatoms. The number of nitrogens with one attached hydrogen (secondary N) is 2. The molecule has 1 aromatic heterocycles. The van der Waals surface area contributed by atoms with Crippen LogP contribution in [0, 0.1) is 5.41 Å². The number of hydrogen-bond donors (Lipinski definition) is 2. The molecule has 0 saturated heterocycles. The molecule has 24 heavy (non-hydrogen) atoms. The minimum Gasteiger partial charge on any atom is -0.497 e. The Balaban J connectivity index is 1.80. The normalized spacial score (nSPS) is 21.8. The first-order valence-electron chi connectivity index (χ1n) is 8.78. The second-order valence-corrected chi connectivity index (χ2v) is 6.80. The van der Waals surface area contributed by atoms with Gasteiger partial charge in [-0.3, -0.25) is 4.79 Å². The molecule has 0 radical (unpaired) electrons. The first-order chi connectivity index (χ1) is 11.7. The van der Waals surface area contributed by atoms with Gasteiger partial charge in [-0.25, -0.2) is 0 Å². The molecule has 1 aliphatic heterocycles. The van der Waals surface area contributed by atoms with Crippen LogP contribution < -0.4 is 10.1 Å². The van der Waals surface area contributed by atoms with Crippen molar-refractivity contribution in [1.29, 1.82) is 0 Å². The molecule has 0 amide bonds. The summed E-state index contributed by atoms with van der Waals surface area (Å²) in [6.45, 7) is 3.19. The summed E-state index contributed by atoms with van der Waals surface area (Å²) in [7, 11) is 1.69. The number of rotatable bonds is 4. The Labute approximate surface area is 141 Å². The van der Waals surface area contributed by atoms with Crippen molar-refractivity contribution >= 4 is 16.9 Å². The standard InChI is InChI=1S/C19H24N2O3/c1-3-24-18(22)19(8-4-9-19)17-16-13(7-10-20-17)14-11-12(23-2)5-6-15(14)21-16/h5-6,11,17,20-21H,3-4,7-10H2,1-2H3. The third-order valence-electron chi connectivity index (χ3n) is 5.64. The highest BCUT2D eigenvalue weighted by atomic mass is 16.5. The lowest BCUT2D eigenvalue weighted by Crippen LogP contribution is -2.51. The number of carbonyl (C=O) groups excluding carboxylic acids is 1. The lowest BCUT2D eigenvalue weighted by atomic mass is 9.62. The van der Waals surface area contributed by atoms with E-state index < -0.39 is 5.41 Å². The average molecular weight is 328 g/mol. The van der Waals surface area contributed by atoms with Crippen LogP contribution in [0.4, 0.5) is 0 Å². The topological polar surface area (TPSA) is 63.3 Å². The monoisotopic (exact) mass is 328 g/mol. The van der Waals surface area contributed by atoms with Gasteiger partial charge in [-0.15, -0.1) is 0 Å². The Kier molecular flexibility index (Phi) is 3.76. The Morgan fingerprint density at radius 3 is 2.88 bits per heavy atom. The summed E-state index contributed by atoms with van der Waals surface area (Å²) in [5, 5.41) is 4.79. The van der Waals surface area contributed by atoms with E-state index in [1.54, 1.807) is 7.11 Å². The maximum atomic E-state index is 12.7. The first kappa shape index (κ1) is 15.5. The molecule has 4 rings (SSSR count). The summed E-state index contributed by atoms with van der Waals surface area (Å²) < 4.78 is 10.8. The zero-order valence-corrected chi connectivity index (χ0v) is 14.3. The molecule has 1 saturated carbocycles. The molecule has 2 aliphatic rings. The molecule has 0 spiro atoms. The van der Waals surface area contributed by atoms with E-state index >= 15 is 0 Å². The minimum atomic E-state index is -0.420. The Morgan fingerprint density at radius 2 is 2.21 bits per heavy atom. The number of methoxy groups -OCH3 is 1. The maximum absolute atomic E-state index is 12.7. The van der Waals surface area contributed by atoms with Gasteiger partial charge in [-0.2, -0.15) is 0 Å². The summed E-state index contributed by atoms with van der Waals surface area (Å²) in [4.78, 5) is 16.2. The molecule has 1 aliphatic carbocycles. The van der Waals surface area contributed by atoms with E-state index in [1.165, 1.54) is 10.9 Å². The Hall–Kier alpha value is -2.01. The number of carbonyl (C=O) groups is 1. The van der Waals surface area contributed by atoms with E-state index in [0.29, 0.717) is 6.61 Å². The molecule has 2 N–H and O–H groups in total. The van der Waals surface area contributed by atoms with Crippen molar-refractivity contribution in [2.24, 2.45) is 5.41 Å². The molecule has 2 aromatic rings. The number of benzene rings is 1. The van der Waals surface area contributed by atoms with Gasteiger partial charge in [0, 0.05) is 16.6 Å². The second kappa shape index (κ2) is 5.81. The van der Waals surface area contributed by atoms with E-state index in [4.69, 9.17) is 9.47 Å². The first-order valence-corrected chi connectivity index (χ1v) is 8.78. The SMILES string of the molecule is CCOC(=O)C1(C2NCCc3c2[nH]c2ccc(OC)cc32)CCC1. The molecule has 0 bridgehead atoms. The lowest BCUT2D eigenvalue weighted by Gasteiger charge is -2.46. The summed E-state index contributed by atoms with van der Waals surface area (Å²) in [5.41, 5.74) is 3.14. The van der Waals surface area contributed by atoms with Gasteiger partial charge in [-0.05, 0) is 56.5 Å². The van der Waals surface area contributed by atoms with Gasteiger partial charge in [-0.1, -0.05) is 6.42 Å². The van der Waals surface area contributed by atoms with Crippen molar-refractivity contribution in [3.63, 3.8) is 0 Å². The van der Waals surface area contributed by atoms with Crippen molar-refractivity contribution in [2.45, 2.75) is 38.6 Å². The maximum Gasteiger partial charge on any atom is 0.314 e. The van der Waals surface area contributed by atoms with Crippen molar-refractivity contribution in [1.82, 2.24) is 10.3 Å². The molecule has 1 aromatic carbocycles. The number of ether oxygens (including phenoxy) is 2. The van der Waals surface area contributed by atoms with Crippen LogP contribution in [0.5, 0.6) is 5.75 Å². The van der Waals surface area contributed by atoms with Gasteiger partial charge in [0.05, 0.1) is 25.2 Å². The summed E-state index contributed by atoms with van der Waals surface area (Å²) in [6, 6.07) is 6.12. The molecule has 1 fully saturated rings. The van der Waals surface area contributed by atoms with Gasteiger partial charge in [0.15, 0.2) is 0 Å². The number of H-pyrrole nitrogens is 1. The highest BCUT2D eigenvalue weighted by Crippen LogP contribution is 2.53. The van der Waals surface area contributed by atoms with E-state index in [2.05, 4.69) is 22.4 Å². The van der Waals surface area contributed by atoms with E-state index in [-0.39, 0.29) is 12.0 Å². The summed E-state index contributed by atoms with van der Waals surface area (Å²) >= 11 is 0. The zero-order valence-electron chi connectivity index (χ0n) is 14.3. The van der Waals surface area contributed by atoms with Crippen LogP contribution in [0.1, 0.15) is 43.5 Å². The number of esters is 1. The molecule has 1 atom stereocenters. The van der Waals surface area contributed by atoms with Gasteiger partial charge >= 0.3 is 5.97 Å². The van der Waals surface area contributed by atoms with Crippen molar-refractivity contribution in [3.05, 3.63) is 29.5 Å². The number of hydrogen-bond acceptors (Lipinski definition) is 4. The summed E-state index contributed by atoms with van der Waals surface area (Å²) in [5.74, 6) is 0.806. The summed E-state index contributed by atoms with van der Waals surface area (Å²) in [6.07, 6.45) is 3.82. The molecule has 1 unspecified atom stereocenters. The Bertz CT molecular complexity index is 776. The smallest absolute Gasteiger partial charge is 0.314 e. The molecule has 2 heterocycles. The number of fused-ring (bicyclic) bond motifs is 3. The second-order valence-electron chi connectivity index (χ2n) is 6.80. The van der Waals surface area contributed by atoms with E-state index in [9.17, 15) is 4.79 Å². The predicted molar refractivity (Wildman–Crippen MR) is 92.2 cm³/mol. The number of aromatic nitrogens is 1. The lowest BCUT2D eigenvalue weighted by molar-refractivity contribution is -0.164. The van der Waals surface area contributed by atoms with Crippen molar-refractivity contribution < 1.29 is 14.3 Å². The van der Waals surface area contributed by atoms with E-state index in [0.717, 1.165) is 49.2 Å². The van der Waals surface area contributed by atoms with Gasteiger partial charge in [0.1, 0.15) is 5.75 Å². The van der Waals surface area contributed by atoms with Crippen LogP contribution in [-0.4, -0.2) is 31.2 Å². The fourth-order valence-corrected chi connectivity index (χ4v) is 4.25. The van der Waals surface area contributed by atoms with Gasteiger partial charge in [0.2, 0.25) is 0 Å². The highest BCUT2D eigenvalue weighted by Gasteiger charge is 2.53. The predicted octanol–water partition coefficient (Wildman–Crippen LogP) is 3.10. The van der Waals surface area contributed by atoms with Crippen LogP contribution in [0.2, 0.25) is 0 Å². The fourth-order valence-electron chi connectivity index (χ4n) is 4.25. The largest absolute Gasteiger partial charge is 0.497 e. The van der Waals surface area contributed by atoms with Crippen LogP contribution in [0.3, 0.4) is 0 Å². The van der Waals surface area contributed by atoms with Gasteiger partial charge < -0.3 is 19.8 Å². The minimum absolute atomic E-state index is 0.00689. The van der Waals surface area contributed by atoms with Crippen LogP contribution in [0.15, 0.2) is 18.2 Å². The third kappa shape index (κ3) is 2.14.